The van der Waals surface area contributed by atoms with Gasteiger partial charge in [-0.15, -0.1) is 0 Å². The zero-order chi connectivity index (χ0) is 15.8. The molecule has 1 atom stereocenters. The first-order valence-electron chi connectivity index (χ1n) is 6.11. The lowest BCUT2D eigenvalue weighted by atomic mass is 9.90. The molecule has 21 heavy (non-hydrogen) atoms. The van der Waals surface area contributed by atoms with Crippen LogP contribution in [-0.4, -0.2) is 50.0 Å². The van der Waals surface area contributed by atoms with E-state index in [9.17, 15) is 18.0 Å². The molecule has 0 radical (unpaired) electrons. The molecule has 0 aliphatic carbocycles. The van der Waals surface area contributed by atoms with Gasteiger partial charge < -0.3 is 14.3 Å². The van der Waals surface area contributed by atoms with E-state index in [2.05, 4.69) is 4.74 Å². The molecule has 2 heterocycles. The summed E-state index contributed by atoms with van der Waals surface area (Å²) in [5.74, 6) is -1.76. The number of carboxylic acids is 1. The van der Waals surface area contributed by atoms with Crippen LogP contribution in [0.3, 0.4) is 0 Å². The third-order valence-electron chi connectivity index (χ3n) is 3.55. The number of aliphatic carboxylic acids is 1. The van der Waals surface area contributed by atoms with E-state index in [-0.39, 0.29) is 25.1 Å². The second-order valence-corrected chi connectivity index (χ2v) is 6.97. The minimum atomic E-state index is -3.97. The van der Waals surface area contributed by atoms with E-state index in [1.807, 2.05) is 0 Å². The molecule has 0 amide bonds. The molecule has 1 aliphatic rings. The first-order valence-corrected chi connectivity index (χ1v) is 7.55. The van der Waals surface area contributed by atoms with Crippen molar-refractivity contribution in [3.63, 3.8) is 0 Å². The van der Waals surface area contributed by atoms with Crippen LogP contribution in [0.2, 0.25) is 0 Å². The summed E-state index contributed by atoms with van der Waals surface area (Å²) in [4.78, 5) is 22.5. The zero-order valence-corrected chi connectivity index (χ0v) is 12.3. The van der Waals surface area contributed by atoms with Crippen LogP contribution in [0.15, 0.2) is 21.8 Å². The molecular weight excluding hydrogens is 302 g/mol. The number of sulfonamides is 1. The normalized spacial score (nSPS) is 23.1. The first kappa shape index (κ1) is 15.5. The molecule has 1 unspecified atom stereocenters. The Kier molecular flexibility index (Phi) is 3.81. The van der Waals surface area contributed by atoms with E-state index in [4.69, 9.17) is 9.52 Å². The van der Waals surface area contributed by atoms with Gasteiger partial charge in [-0.05, 0) is 13.3 Å². The molecule has 1 saturated heterocycles. The number of hydrogen-bond acceptors (Lipinski definition) is 6. The predicted octanol–water partition coefficient (Wildman–Crippen LogP) is 0.552. The van der Waals surface area contributed by atoms with Gasteiger partial charge in [0.1, 0.15) is 6.26 Å². The van der Waals surface area contributed by atoms with E-state index >= 15 is 0 Å². The van der Waals surface area contributed by atoms with E-state index in [1.165, 1.54) is 14.0 Å². The molecule has 0 bridgehead atoms. The zero-order valence-electron chi connectivity index (χ0n) is 11.5. The maximum Gasteiger partial charge on any atom is 0.341 e. The first-order chi connectivity index (χ1) is 9.70. The molecule has 116 valence electrons. The van der Waals surface area contributed by atoms with Gasteiger partial charge in [0, 0.05) is 19.2 Å². The average Bonchev–Trinajstić information content (AvgIpc) is 3.05. The lowest BCUT2D eigenvalue weighted by molar-refractivity contribution is -0.146. The van der Waals surface area contributed by atoms with Crippen molar-refractivity contribution in [1.29, 1.82) is 0 Å². The van der Waals surface area contributed by atoms with Gasteiger partial charge in [-0.25, -0.2) is 13.2 Å². The lowest BCUT2D eigenvalue weighted by Crippen LogP contribution is -2.34. The number of rotatable bonds is 4. The second kappa shape index (κ2) is 5.15. The number of furan rings is 1. The number of carbonyl (C=O) groups excluding carboxylic acids is 1. The lowest BCUT2D eigenvalue weighted by Gasteiger charge is -2.18. The summed E-state index contributed by atoms with van der Waals surface area (Å²) in [6.07, 6.45) is 1.21. The molecule has 1 aromatic heterocycles. The second-order valence-electron chi connectivity index (χ2n) is 5.10. The summed E-state index contributed by atoms with van der Waals surface area (Å²) in [6.45, 7) is 1.44. The maximum atomic E-state index is 12.4. The minimum absolute atomic E-state index is 0.0173. The van der Waals surface area contributed by atoms with Crippen molar-refractivity contribution in [2.24, 2.45) is 5.41 Å². The van der Waals surface area contributed by atoms with Gasteiger partial charge in [0.25, 0.3) is 10.0 Å². The Hall–Kier alpha value is -1.87. The summed E-state index contributed by atoms with van der Waals surface area (Å²) < 4.78 is 35.1. The highest BCUT2D eigenvalue weighted by Gasteiger charge is 2.45. The van der Waals surface area contributed by atoms with Crippen molar-refractivity contribution in [2.75, 3.05) is 20.2 Å². The Morgan fingerprint density at radius 1 is 1.48 bits per heavy atom. The Labute approximate surface area is 121 Å². The highest BCUT2D eigenvalue weighted by Crippen LogP contribution is 2.34. The SMILES string of the molecule is COC(=O)c1coc(S(=O)(=O)N2CCC(C)(C(=O)O)C2)c1. The fourth-order valence-electron chi connectivity index (χ4n) is 2.10. The predicted molar refractivity (Wildman–Crippen MR) is 69.2 cm³/mol. The number of carboxylic acid groups (broad SMARTS) is 1. The molecule has 8 nitrogen and oxygen atoms in total. The summed E-state index contributed by atoms with van der Waals surface area (Å²) in [7, 11) is -2.80. The van der Waals surface area contributed by atoms with Crippen LogP contribution >= 0.6 is 0 Å². The van der Waals surface area contributed by atoms with Gasteiger partial charge >= 0.3 is 11.9 Å². The van der Waals surface area contributed by atoms with Gasteiger partial charge in [-0.2, -0.15) is 4.31 Å². The molecule has 9 heteroatoms. The van der Waals surface area contributed by atoms with Crippen LogP contribution < -0.4 is 0 Å². The van der Waals surface area contributed by atoms with Gasteiger partial charge in [0.05, 0.1) is 18.1 Å². The summed E-state index contributed by atoms with van der Waals surface area (Å²) in [5, 5.41) is 8.72. The van der Waals surface area contributed by atoms with Crippen LogP contribution in [-0.2, 0) is 19.6 Å². The number of ether oxygens (including phenoxy) is 1. The average molecular weight is 317 g/mol. The van der Waals surface area contributed by atoms with Crippen molar-refractivity contribution in [1.82, 2.24) is 4.31 Å². The molecule has 0 saturated carbocycles. The van der Waals surface area contributed by atoms with Crippen molar-refractivity contribution < 1.29 is 32.3 Å². The summed E-state index contributed by atoms with van der Waals surface area (Å²) in [5.41, 5.74) is -1.14. The van der Waals surface area contributed by atoms with Gasteiger partial charge in [-0.3, -0.25) is 4.79 Å². The molecule has 1 N–H and O–H groups in total. The number of carbonyl (C=O) groups is 2. The van der Waals surface area contributed by atoms with Crippen LogP contribution in [0, 0.1) is 5.41 Å². The van der Waals surface area contributed by atoms with Crippen molar-refractivity contribution >= 4 is 22.0 Å². The molecule has 0 spiro atoms. The fourth-order valence-corrected chi connectivity index (χ4v) is 3.59. The van der Waals surface area contributed by atoms with E-state index in [0.717, 1.165) is 16.6 Å². The Bertz CT molecular complexity index is 678. The van der Waals surface area contributed by atoms with Crippen LogP contribution in [0.4, 0.5) is 0 Å². The fraction of sp³-hybridized carbons (Fsp3) is 0.500. The monoisotopic (exact) mass is 317 g/mol. The standard InChI is InChI=1S/C12H15NO7S/c1-12(11(15)16)3-4-13(7-12)21(17,18)9-5-8(6-20-9)10(14)19-2/h5-6H,3-4,7H2,1-2H3,(H,15,16). The van der Waals surface area contributed by atoms with Crippen molar-refractivity contribution in [3.05, 3.63) is 17.9 Å². The quantitative estimate of drug-likeness (QED) is 0.806. The number of esters is 1. The number of nitrogens with zero attached hydrogens (tertiary/aromatic N) is 1. The van der Waals surface area contributed by atoms with Crippen molar-refractivity contribution in [2.45, 2.75) is 18.4 Å². The molecule has 1 aliphatic heterocycles. The van der Waals surface area contributed by atoms with Crippen LogP contribution in [0.5, 0.6) is 0 Å². The molecule has 0 aromatic carbocycles. The van der Waals surface area contributed by atoms with Gasteiger partial charge in [0.2, 0.25) is 5.09 Å². The van der Waals surface area contributed by atoms with Gasteiger partial charge in [-0.1, -0.05) is 0 Å². The Morgan fingerprint density at radius 3 is 2.67 bits per heavy atom. The summed E-state index contributed by atoms with van der Waals surface area (Å²) in [6, 6.07) is 1.07. The third kappa shape index (κ3) is 2.66. The highest BCUT2D eigenvalue weighted by atomic mass is 32.2. The van der Waals surface area contributed by atoms with E-state index in [0.29, 0.717) is 0 Å². The Balaban J connectivity index is 2.26. The molecule has 1 aromatic rings. The highest BCUT2D eigenvalue weighted by molar-refractivity contribution is 7.89. The van der Waals surface area contributed by atoms with Crippen LogP contribution in [0.25, 0.3) is 0 Å². The maximum absolute atomic E-state index is 12.4. The van der Waals surface area contributed by atoms with E-state index in [1.54, 1.807) is 0 Å². The van der Waals surface area contributed by atoms with Crippen LogP contribution in [0.1, 0.15) is 23.7 Å². The topological polar surface area (TPSA) is 114 Å². The minimum Gasteiger partial charge on any atom is -0.481 e. The van der Waals surface area contributed by atoms with Crippen molar-refractivity contribution in [3.8, 4) is 0 Å². The molecule has 1 fully saturated rings. The largest absolute Gasteiger partial charge is 0.481 e. The number of hydrogen-bond donors (Lipinski definition) is 1. The third-order valence-corrected chi connectivity index (χ3v) is 5.26. The molecular formula is C12H15NO7S. The smallest absolute Gasteiger partial charge is 0.341 e. The van der Waals surface area contributed by atoms with E-state index < -0.39 is 32.5 Å². The molecule has 2 rings (SSSR count). The number of methoxy groups -OCH3 is 1. The summed E-state index contributed by atoms with van der Waals surface area (Å²) >= 11 is 0. The Morgan fingerprint density at radius 2 is 2.14 bits per heavy atom. The van der Waals surface area contributed by atoms with Gasteiger partial charge in [0.15, 0.2) is 0 Å².